The average molecular weight is 259 g/mol. The third-order valence-electron chi connectivity index (χ3n) is 2.82. The molecule has 1 aromatic carbocycles. The van der Waals surface area contributed by atoms with Crippen LogP contribution in [0.1, 0.15) is 18.4 Å². The van der Waals surface area contributed by atoms with E-state index < -0.39 is 0 Å². The zero-order valence-corrected chi connectivity index (χ0v) is 11.4. The smallest absolute Gasteiger partial charge is 0.234 e. The van der Waals surface area contributed by atoms with Crippen LogP contribution >= 0.6 is 0 Å². The van der Waals surface area contributed by atoms with Crippen LogP contribution in [0.25, 0.3) is 0 Å². The average Bonchev–Trinajstić information content (AvgIpc) is 2.40. The lowest BCUT2D eigenvalue weighted by molar-refractivity contribution is -0.121. The van der Waals surface area contributed by atoms with Gasteiger partial charge in [0.05, 0.1) is 19.0 Å². The first-order valence-corrected chi connectivity index (χ1v) is 6.58. The van der Waals surface area contributed by atoms with Gasteiger partial charge < -0.3 is 5.32 Å². The van der Waals surface area contributed by atoms with Crippen LogP contribution in [-0.4, -0.2) is 37.5 Å². The highest BCUT2D eigenvalue weighted by molar-refractivity contribution is 5.77. The minimum Gasteiger partial charge on any atom is -0.354 e. The molecule has 0 aliphatic heterocycles. The molecular weight excluding hydrogens is 238 g/mol. The minimum absolute atomic E-state index is 0.0162. The van der Waals surface area contributed by atoms with Gasteiger partial charge in [-0.1, -0.05) is 30.3 Å². The van der Waals surface area contributed by atoms with Crippen molar-refractivity contribution in [2.45, 2.75) is 19.3 Å². The fraction of sp³-hybridized carbons (Fsp3) is 0.467. The monoisotopic (exact) mass is 259 g/mol. The van der Waals surface area contributed by atoms with Gasteiger partial charge in [-0.05, 0) is 32.0 Å². The molecule has 4 heteroatoms. The summed E-state index contributed by atoms with van der Waals surface area (Å²) in [5.41, 5.74) is 1.33. The summed E-state index contributed by atoms with van der Waals surface area (Å²) in [6.07, 6.45) is 2.43. The second-order valence-corrected chi connectivity index (χ2v) is 4.59. The molecule has 19 heavy (non-hydrogen) atoms. The predicted octanol–water partition coefficient (Wildman–Crippen LogP) is 1.58. The third kappa shape index (κ3) is 7.22. The van der Waals surface area contributed by atoms with E-state index in [4.69, 9.17) is 5.26 Å². The van der Waals surface area contributed by atoms with E-state index in [9.17, 15) is 4.79 Å². The van der Waals surface area contributed by atoms with E-state index in [1.807, 2.05) is 36.2 Å². The summed E-state index contributed by atoms with van der Waals surface area (Å²) >= 11 is 0. The fourth-order valence-corrected chi connectivity index (χ4v) is 1.84. The highest BCUT2D eigenvalue weighted by atomic mass is 16.2. The van der Waals surface area contributed by atoms with E-state index in [1.54, 1.807) is 0 Å². The molecule has 0 atom stereocenters. The Morgan fingerprint density at radius 3 is 2.79 bits per heavy atom. The molecule has 0 aliphatic carbocycles. The Kier molecular flexibility index (Phi) is 7.30. The number of hydrogen-bond acceptors (Lipinski definition) is 3. The third-order valence-corrected chi connectivity index (χ3v) is 2.82. The van der Waals surface area contributed by atoms with Crippen LogP contribution < -0.4 is 5.32 Å². The summed E-state index contributed by atoms with van der Waals surface area (Å²) in [5, 5.41) is 11.1. The molecule has 0 unspecified atom stereocenters. The lowest BCUT2D eigenvalue weighted by Gasteiger charge is -2.15. The SMILES string of the molecule is CN(CCCc1ccccc1)CC(=O)NCCC#N. The molecule has 0 fully saturated rings. The maximum Gasteiger partial charge on any atom is 0.234 e. The van der Waals surface area contributed by atoms with Crippen molar-refractivity contribution in [1.82, 2.24) is 10.2 Å². The number of hydrogen-bond donors (Lipinski definition) is 1. The second-order valence-electron chi connectivity index (χ2n) is 4.59. The molecule has 0 heterocycles. The maximum absolute atomic E-state index is 11.5. The van der Waals surface area contributed by atoms with Gasteiger partial charge >= 0.3 is 0 Å². The summed E-state index contributed by atoms with van der Waals surface area (Å²) in [5.74, 6) is -0.0162. The van der Waals surface area contributed by atoms with Crippen molar-refractivity contribution in [3.05, 3.63) is 35.9 Å². The van der Waals surface area contributed by atoms with Crippen molar-refractivity contribution in [2.75, 3.05) is 26.7 Å². The van der Waals surface area contributed by atoms with Gasteiger partial charge in [0.15, 0.2) is 0 Å². The summed E-state index contributed by atoms with van der Waals surface area (Å²) in [7, 11) is 1.94. The lowest BCUT2D eigenvalue weighted by Crippen LogP contribution is -2.36. The van der Waals surface area contributed by atoms with E-state index >= 15 is 0 Å². The van der Waals surface area contributed by atoms with Crippen molar-refractivity contribution in [3.8, 4) is 6.07 Å². The zero-order valence-electron chi connectivity index (χ0n) is 11.4. The van der Waals surface area contributed by atoms with E-state index in [-0.39, 0.29) is 5.91 Å². The molecule has 0 saturated heterocycles. The largest absolute Gasteiger partial charge is 0.354 e. The zero-order chi connectivity index (χ0) is 13.9. The second kappa shape index (κ2) is 9.12. The molecule has 102 valence electrons. The molecule has 0 saturated carbocycles. The van der Waals surface area contributed by atoms with Crippen LogP contribution in [0.2, 0.25) is 0 Å². The van der Waals surface area contributed by atoms with Crippen molar-refractivity contribution in [3.63, 3.8) is 0 Å². The number of rotatable bonds is 8. The molecule has 0 bridgehead atoms. The van der Waals surface area contributed by atoms with Gasteiger partial charge in [-0.25, -0.2) is 0 Å². The highest BCUT2D eigenvalue weighted by Gasteiger charge is 2.05. The standard InChI is InChI=1S/C15H21N3O/c1-18(13-15(19)17-11-6-10-16)12-5-9-14-7-3-2-4-8-14/h2-4,7-8H,5-6,9,11-13H2,1H3,(H,17,19). The van der Waals surface area contributed by atoms with Crippen molar-refractivity contribution < 1.29 is 4.79 Å². The topological polar surface area (TPSA) is 56.1 Å². The normalized spacial score (nSPS) is 10.2. The Bertz CT molecular complexity index is 411. The van der Waals surface area contributed by atoms with Crippen LogP contribution in [0.3, 0.4) is 0 Å². The first-order valence-electron chi connectivity index (χ1n) is 6.58. The van der Waals surface area contributed by atoms with Crippen molar-refractivity contribution in [2.24, 2.45) is 0 Å². The summed E-state index contributed by atoms with van der Waals surface area (Å²) in [6, 6.07) is 12.3. The molecule has 4 nitrogen and oxygen atoms in total. The van der Waals surface area contributed by atoms with Crippen LogP contribution in [0, 0.1) is 11.3 Å². The van der Waals surface area contributed by atoms with Gasteiger partial charge in [0, 0.05) is 6.54 Å². The quantitative estimate of drug-likeness (QED) is 0.721. The Morgan fingerprint density at radius 2 is 2.11 bits per heavy atom. The Balaban J connectivity index is 2.12. The van der Waals surface area contributed by atoms with Crippen LogP contribution in [0.15, 0.2) is 30.3 Å². The van der Waals surface area contributed by atoms with Gasteiger partial charge in [0.1, 0.15) is 0 Å². The number of carbonyl (C=O) groups is 1. The van der Waals surface area contributed by atoms with E-state index in [1.165, 1.54) is 5.56 Å². The number of aryl methyl sites for hydroxylation is 1. The van der Waals surface area contributed by atoms with Crippen LogP contribution in [0.4, 0.5) is 0 Å². The van der Waals surface area contributed by atoms with Crippen molar-refractivity contribution in [1.29, 1.82) is 5.26 Å². The molecule has 1 aromatic rings. The van der Waals surface area contributed by atoms with E-state index in [0.717, 1.165) is 19.4 Å². The van der Waals surface area contributed by atoms with E-state index in [0.29, 0.717) is 19.5 Å². The molecule has 1 rings (SSSR count). The Labute approximate surface area is 115 Å². The molecule has 0 spiro atoms. The molecule has 0 radical (unpaired) electrons. The number of nitrogens with zero attached hydrogens (tertiary/aromatic N) is 2. The minimum atomic E-state index is -0.0162. The van der Waals surface area contributed by atoms with E-state index in [2.05, 4.69) is 17.4 Å². The van der Waals surface area contributed by atoms with Gasteiger partial charge in [0.2, 0.25) is 5.91 Å². The number of nitriles is 1. The summed E-state index contributed by atoms with van der Waals surface area (Å²) in [4.78, 5) is 13.5. The predicted molar refractivity (Wildman–Crippen MR) is 75.5 cm³/mol. The molecule has 0 aliphatic rings. The first-order chi connectivity index (χ1) is 9.22. The molecule has 1 N–H and O–H groups in total. The number of nitrogens with one attached hydrogen (secondary N) is 1. The van der Waals surface area contributed by atoms with Gasteiger partial charge in [-0.15, -0.1) is 0 Å². The number of likely N-dealkylation sites (N-methyl/N-ethyl adjacent to an activating group) is 1. The van der Waals surface area contributed by atoms with Gasteiger partial charge in [0.25, 0.3) is 0 Å². The lowest BCUT2D eigenvalue weighted by atomic mass is 10.1. The number of benzene rings is 1. The maximum atomic E-state index is 11.5. The van der Waals surface area contributed by atoms with Gasteiger partial charge in [-0.3, -0.25) is 9.69 Å². The Morgan fingerprint density at radius 1 is 1.37 bits per heavy atom. The molecule has 0 aromatic heterocycles. The summed E-state index contributed by atoms with van der Waals surface area (Å²) in [6.45, 7) is 1.72. The van der Waals surface area contributed by atoms with Crippen LogP contribution in [0.5, 0.6) is 0 Å². The molecule has 1 amide bonds. The number of amides is 1. The first kappa shape index (κ1) is 15.2. The highest BCUT2D eigenvalue weighted by Crippen LogP contribution is 2.02. The van der Waals surface area contributed by atoms with Gasteiger partial charge in [-0.2, -0.15) is 5.26 Å². The van der Waals surface area contributed by atoms with Crippen molar-refractivity contribution >= 4 is 5.91 Å². The fourth-order valence-electron chi connectivity index (χ4n) is 1.84. The molecular formula is C15H21N3O. The van der Waals surface area contributed by atoms with Crippen LogP contribution in [-0.2, 0) is 11.2 Å². The Hall–Kier alpha value is -1.86. The number of carbonyl (C=O) groups excluding carboxylic acids is 1. The summed E-state index contributed by atoms with van der Waals surface area (Å²) < 4.78 is 0.